The van der Waals surface area contributed by atoms with Crippen LogP contribution in [0.4, 0.5) is 20.3 Å². The molecule has 1 N–H and O–H groups in total. The molecular formula is C42H39ClF2N8O4. The number of benzene rings is 3. The van der Waals surface area contributed by atoms with Crippen molar-refractivity contribution in [2.75, 3.05) is 49.1 Å². The van der Waals surface area contributed by atoms with Crippen LogP contribution in [-0.4, -0.2) is 81.4 Å². The number of fused-ring (bicyclic) bond motifs is 5. The molecule has 3 aromatic carbocycles. The number of nitrogens with zero attached hydrogens (tertiary/aromatic N) is 7. The van der Waals surface area contributed by atoms with Gasteiger partial charge in [0.15, 0.2) is 0 Å². The number of piperazine rings is 1. The van der Waals surface area contributed by atoms with Crippen LogP contribution in [0.15, 0.2) is 65.7 Å². The van der Waals surface area contributed by atoms with E-state index in [2.05, 4.69) is 61.8 Å². The van der Waals surface area contributed by atoms with Gasteiger partial charge in [-0.15, -0.1) is 0 Å². The van der Waals surface area contributed by atoms with Gasteiger partial charge < -0.3 is 14.7 Å². The van der Waals surface area contributed by atoms with Crippen molar-refractivity contribution in [2.24, 2.45) is 0 Å². The Kier molecular flexibility index (Phi) is 9.06. The maximum Gasteiger partial charge on any atom is 0.282 e. The van der Waals surface area contributed by atoms with Gasteiger partial charge in [0.25, 0.3) is 11.5 Å². The molecule has 1 unspecified atom stereocenters. The third-order valence-corrected chi connectivity index (χ3v) is 12.4. The molecule has 0 spiro atoms. The molecular weight excluding hydrogens is 754 g/mol. The van der Waals surface area contributed by atoms with Gasteiger partial charge in [-0.25, -0.2) is 18.7 Å². The first-order chi connectivity index (χ1) is 27.4. The fraction of sp³-hybridized carbons (Fsp3) is 0.357. The highest BCUT2D eigenvalue weighted by molar-refractivity contribution is 6.35. The highest BCUT2D eigenvalue weighted by atomic mass is 35.5. The third-order valence-electron chi connectivity index (χ3n) is 12.1. The first-order valence-corrected chi connectivity index (χ1v) is 19.6. The molecule has 15 heteroatoms. The van der Waals surface area contributed by atoms with Crippen LogP contribution in [0.1, 0.15) is 84.4 Å². The number of anilines is 2. The van der Waals surface area contributed by atoms with Crippen molar-refractivity contribution >= 4 is 51.7 Å². The molecule has 3 amide bonds. The molecule has 5 aromatic rings. The maximum absolute atomic E-state index is 15.2. The summed E-state index contributed by atoms with van der Waals surface area (Å²) in [7, 11) is 0. The van der Waals surface area contributed by atoms with E-state index in [1.807, 2.05) is 12.1 Å². The van der Waals surface area contributed by atoms with E-state index in [9.17, 15) is 19.2 Å². The largest absolute Gasteiger partial charge is 0.368 e. The number of hydrogen-bond donors (Lipinski definition) is 1. The van der Waals surface area contributed by atoms with Crippen LogP contribution in [0.5, 0.6) is 0 Å². The van der Waals surface area contributed by atoms with Crippen LogP contribution < -0.4 is 20.7 Å². The van der Waals surface area contributed by atoms with Crippen LogP contribution in [0, 0.1) is 11.6 Å². The fourth-order valence-corrected chi connectivity index (χ4v) is 9.20. The van der Waals surface area contributed by atoms with E-state index in [4.69, 9.17) is 11.6 Å². The molecule has 2 aromatic heterocycles. The van der Waals surface area contributed by atoms with E-state index >= 15 is 8.78 Å². The summed E-state index contributed by atoms with van der Waals surface area (Å²) in [6, 6.07) is 14.5. The number of hydrogen-bond acceptors (Lipinski definition) is 9. The third kappa shape index (κ3) is 6.30. The van der Waals surface area contributed by atoms with Crippen molar-refractivity contribution in [3.63, 3.8) is 0 Å². The number of carbonyl (C=O) groups is 3. The second-order valence-corrected chi connectivity index (χ2v) is 16.1. The Bertz CT molecular complexity index is 2520. The molecule has 57 heavy (non-hydrogen) atoms. The van der Waals surface area contributed by atoms with E-state index in [0.717, 1.165) is 42.7 Å². The maximum atomic E-state index is 15.2. The highest BCUT2D eigenvalue weighted by Crippen LogP contribution is 2.45. The first kappa shape index (κ1) is 36.9. The lowest BCUT2D eigenvalue weighted by atomic mass is 9.83. The SMILES string of the molecule is CC1(C)c2ccc(C3CCN(c4cnc(C(=O)N5CCN(c6cc(F)c(C7CCC(=O)NC7=O)c(F)c6)CC5)cn4)CC3)cc2-n2c1nc(=O)c1c(Cl)cccc12. The Morgan fingerprint density at radius 3 is 2.30 bits per heavy atom. The second kappa shape index (κ2) is 14.0. The lowest BCUT2D eigenvalue weighted by Gasteiger charge is -2.36. The standard InChI is InChI=1S/C42H39ClF2N8O4/c1-42(2)27-8-6-24(18-33(27)53-32-5-3-4-28(43)37(32)39(56)49-41(42)53)23-10-12-51(13-11-23)34-22-46-31(21-47-34)40(57)52-16-14-50(15-17-52)25-19-29(44)36(30(45)20-25)26-7-9-35(54)48-38(26)55/h3-6,8,18-23,26H,7,9-17H2,1-2H3,(H,48,54,55). The van der Waals surface area contributed by atoms with Crippen molar-refractivity contribution in [2.45, 2.75) is 56.8 Å². The van der Waals surface area contributed by atoms with E-state index < -0.39 is 34.8 Å². The minimum atomic E-state index is -1.07. The summed E-state index contributed by atoms with van der Waals surface area (Å²) in [5.74, 6) is -2.46. The van der Waals surface area contributed by atoms with Crippen molar-refractivity contribution in [1.82, 2.24) is 29.7 Å². The Hall–Kier alpha value is -5.76. The number of imide groups is 1. The zero-order valence-electron chi connectivity index (χ0n) is 31.4. The molecule has 6 heterocycles. The first-order valence-electron chi connectivity index (χ1n) is 19.2. The minimum Gasteiger partial charge on any atom is -0.368 e. The number of aromatic nitrogens is 4. The van der Waals surface area contributed by atoms with Gasteiger partial charge in [0.1, 0.15) is 29.0 Å². The topological polar surface area (TPSA) is 134 Å². The normalized spacial score (nSPS) is 19.5. The molecule has 0 saturated carbocycles. The summed E-state index contributed by atoms with van der Waals surface area (Å²) in [4.78, 5) is 69.4. The molecule has 9 rings (SSSR count). The molecule has 0 aliphatic carbocycles. The Morgan fingerprint density at radius 2 is 1.61 bits per heavy atom. The van der Waals surface area contributed by atoms with Crippen molar-refractivity contribution < 1.29 is 23.2 Å². The molecule has 3 saturated heterocycles. The zero-order valence-corrected chi connectivity index (χ0v) is 32.2. The van der Waals surface area contributed by atoms with Gasteiger partial charge in [0.05, 0.1) is 45.3 Å². The molecule has 0 bridgehead atoms. The molecule has 292 valence electrons. The Morgan fingerprint density at radius 1 is 0.877 bits per heavy atom. The number of halogens is 3. The van der Waals surface area contributed by atoms with Crippen molar-refractivity contribution in [3.05, 3.63) is 116 Å². The predicted octanol–water partition coefficient (Wildman–Crippen LogP) is 5.61. The van der Waals surface area contributed by atoms with Crippen LogP contribution in [0.25, 0.3) is 16.6 Å². The second-order valence-electron chi connectivity index (χ2n) is 15.7. The lowest BCUT2D eigenvalue weighted by Crippen LogP contribution is -2.49. The van der Waals surface area contributed by atoms with E-state index in [-0.39, 0.29) is 35.6 Å². The van der Waals surface area contributed by atoms with E-state index in [0.29, 0.717) is 59.8 Å². The summed E-state index contributed by atoms with van der Waals surface area (Å²) in [5, 5.41) is 2.96. The molecule has 3 fully saturated rings. The van der Waals surface area contributed by atoms with Gasteiger partial charge in [-0.05, 0) is 80.5 Å². The van der Waals surface area contributed by atoms with Crippen LogP contribution in [0.3, 0.4) is 0 Å². The highest BCUT2D eigenvalue weighted by Gasteiger charge is 2.39. The number of carbonyl (C=O) groups excluding carboxylic acids is 3. The molecule has 1 atom stereocenters. The molecule has 0 radical (unpaired) electrons. The summed E-state index contributed by atoms with van der Waals surface area (Å²) in [5.41, 5.74) is 3.53. The number of piperidine rings is 2. The average Bonchev–Trinajstić information content (AvgIpc) is 3.43. The number of rotatable bonds is 5. The van der Waals surface area contributed by atoms with Gasteiger partial charge in [-0.1, -0.05) is 29.8 Å². The summed E-state index contributed by atoms with van der Waals surface area (Å²) in [6.07, 6.45) is 4.99. The van der Waals surface area contributed by atoms with Gasteiger partial charge in [0.2, 0.25) is 11.8 Å². The Balaban J connectivity index is 0.828. The summed E-state index contributed by atoms with van der Waals surface area (Å²) in [6.45, 7) is 7.03. The van der Waals surface area contributed by atoms with Crippen LogP contribution in [-0.2, 0) is 15.0 Å². The van der Waals surface area contributed by atoms with Crippen molar-refractivity contribution in [1.29, 1.82) is 0 Å². The van der Waals surface area contributed by atoms with Gasteiger partial charge >= 0.3 is 0 Å². The number of nitrogens with one attached hydrogen (secondary N) is 1. The zero-order chi connectivity index (χ0) is 39.7. The summed E-state index contributed by atoms with van der Waals surface area (Å²) < 4.78 is 32.4. The van der Waals surface area contributed by atoms with Gasteiger partial charge in [-0.2, -0.15) is 4.98 Å². The smallest absolute Gasteiger partial charge is 0.282 e. The Labute approximate surface area is 331 Å². The fourth-order valence-electron chi connectivity index (χ4n) is 8.95. The molecule has 4 aliphatic heterocycles. The van der Waals surface area contributed by atoms with Crippen molar-refractivity contribution in [3.8, 4) is 5.69 Å². The number of amides is 3. The van der Waals surface area contributed by atoms with E-state index in [1.54, 1.807) is 22.1 Å². The molecule has 4 aliphatic rings. The quantitative estimate of drug-likeness (QED) is 0.226. The van der Waals surface area contributed by atoms with Gasteiger partial charge in [-0.3, -0.25) is 29.1 Å². The van der Waals surface area contributed by atoms with Crippen LogP contribution >= 0.6 is 11.6 Å². The minimum absolute atomic E-state index is 0.0187. The average molecular weight is 793 g/mol. The predicted molar refractivity (Wildman–Crippen MR) is 210 cm³/mol. The lowest BCUT2D eigenvalue weighted by molar-refractivity contribution is -0.134. The molecule has 12 nitrogen and oxygen atoms in total. The summed E-state index contributed by atoms with van der Waals surface area (Å²) >= 11 is 6.48. The van der Waals surface area contributed by atoms with E-state index in [1.165, 1.54) is 23.9 Å². The van der Waals surface area contributed by atoms with Gasteiger partial charge in [0, 0.05) is 56.9 Å². The monoisotopic (exact) mass is 792 g/mol. The van der Waals surface area contributed by atoms with Crippen LogP contribution in [0.2, 0.25) is 5.02 Å².